The van der Waals surface area contributed by atoms with Crippen LogP contribution in [0.4, 0.5) is 5.69 Å². The summed E-state index contributed by atoms with van der Waals surface area (Å²) in [5.41, 5.74) is 2.29. The molecule has 1 amide bonds. The van der Waals surface area contributed by atoms with Crippen LogP contribution in [0.3, 0.4) is 0 Å². The summed E-state index contributed by atoms with van der Waals surface area (Å²) in [7, 11) is 0. The van der Waals surface area contributed by atoms with Crippen LogP contribution in [0.1, 0.15) is 31.2 Å². The van der Waals surface area contributed by atoms with Gasteiger partial charge in [0.2, 0.25) is 5.91 Å². The predicted octanol–water partition coefficient (Wildman–Crippen LogP) is 2.59. The maximum Gasteiger partial charge on any atom is 0.244 e. The van der Waals surface area contributed by atoms with Gasteiger partial charge >= 0.3 is 0 Å². The highest BCUT2D eigenvalue weighted by molar-refractivity contribution is 5.99. The Kier molecular flexibility index (Phi) is 3.56. The van der Waals surface area contributed by atoms with E-state index >= 15 is 0 Å². The molecule has 1 aromatic rings. The van der Waals surface area contributed by atoms with Crippen molar-refractivity contribution in [3.8, 4) is 0 Å². The van der Waals surface area contributed by atoms with Crippen LogP contribution >= 0.6 is 0 Å². The van der Waals surface area contributed by atoms with E-state index < -0.39 is 0 Å². The smallest absolute Gasteiger partial charge is 0.244 e. The van der Waals surface area contributed by atoms with Crippen LogP contribution < -0.4 is 4.90 Å². The molecule has 0 unspecified atom stereocenters. The van der Waals surface area contributed by atoms with Gasteiger partial charge in [-0.15, -0.1) is 0 Å². The number of carbonyl (C=O) groups is 1. The Morgan fingerprint density at radius 3 is 2.37 bits per heavy atom. The minimum absolute atomic E-state index is 0.126. The molecule has 0 aliphatic carbocycles. The second-order valence-corrected chi connectivity index (χ2v) is 5.73. The van der Waals surface area contributed by atoms with Crippen molar-refractivity contribution >= 4 is 11.6 Å². The molecule has 2 aliphatic heterocycles. The Hall–Kier alpha value is -1.35. The largest absolute Gasteiger partial charge is 0.311 e. The lowest BCUT2D eigenvalue weighted by molar-refractivity contribution is -0.122. The molecule has 2 saturated heterocycles. The molecule has 3 nitrogen and oxygen atoms in total. The van der Waals surface area contributed by atoms with Crippen molar-refractivity contribution in [2.45, 2.75) is 38.6 Å². The zero-order valence-electron chi connectivity index (χ0n) is 11.6. The average Bonchev–Trinajstić information content (AvgIpc) is 2.83. The first-order valence-electron chi connectivity index (χ1n) is 7.38. The molecular weight excluding hydrogens is 236 g/mol. The van der Waals surface area contributed by atoms with Gasteiger partial charge in [-0.3, -0.25) is 9.69 Å². The first-order chi connectivity index (χ1) is 9.25. The number of aryl methyl sites for hydroxylation is 1. The number of likely N-dealkylation sites (tertiary alicyclic amines) is 1. The minimum atomic E-state index is 0.126. The van der Waals surface area contributed by atoms with Gasteiger partial charge in [0.05, 0.1) is 6.04 Å². The molecule has 0 aromatic heterocycles. The number of piperidine rings is 1. The van der Waals surface area contributed by atoms with Crippen LogP contribution in [0.2, 0.25) is 0 Å². The number of hydrogen-bond acceptors (Lipinski definition) is 2. The van der Waals surface area contributed by atoms with Crippen molar-refractivity contribution in [2.24, 2.45) is 0 Å². The predicted molar refractivity (Wildman–Crippen MR) is 77.4 cm³/mol. The summed E-state index contributed by atoms with van der Waals surface area (Å²) in [5, 5.41) is 0. The summed E-state index contributed by atoms with van der Waals surface area (Å²) in [4.78, 5) is 16.9. The third-order valence-corrected chi connectivity index (χ3v) is 4.35. The molecule has 2 fully saturated rings. The summed E-state index contributed by atoms with van der Waals surface area (Å²) >= 11 is 0. The third kappa shape index (κ3) is 2.52. The molecule has 2 heterocycles. The van der Waals surface area contributed by atoms with Crippen LogP contribution in [-0.2, 0) is 4.79 Å². The van der Waals surface area contributed by atoms with Crippen LogP contribution in [0.5, 0.6) is 0 Å². The van der Waals surface area contributed by atoms with E-state index in [1.807, 2.05) is 4.90 Å². The SMILES string of the molecule is Cc1ccc(N2CC[C@H](N3CCCCC3)C2=O)cc1. The van der Waals surface area contributed by atoms with Gasteiger partial charge in [-0.1, -0.05) is 24.1 Å². The number of anilines is 1. The number of nitrogens with zero attached hydrogens (tertiary/aromatic N) is 2. The molecule has 0 bridgehead atoms. The van der Waals surface area contributed by atoms with Crippen molar-refractivity contribution in [3.05, 3.63) is 29.8 Å². The molecule has 102 valence electrons. The standard InChI is InChI=1S/C16H22N2O/c1-13-5-7-14(8-6-13)18-12-9-15(16(18)19)17-10-3-2-4-11-17/h5-8,15H,2-4,9-12H2,1H3/t15-/m0/s1. The van der Waals surface area contributed by atoms with Crippen molar-refractivity contribution in [2.75, 3.05) is 24.5 Å². The normalized spacial score (nSPS) is 25.0. The molecule has 1 aromatic carbocycles. The molecule has 0 N–H and O–H groups in total. The third-order valence-electron chi connectivity index (χ3n) is 4.35. The van der Waals surface area contributed by atoms with E-state index in [-0.39, 0.29) is 6.04 Å². The van der Waals surface area contributed by atoms with Gasteiger partial charge in [0.15, 0.2) is 0 Å². The van der Waals surface area contributed by atoms with Crippen molar-refractivity contribution in [1.29, 1.82) is 0 Å². The molecule has 3 rings (SSSR count). The molecule has 3 heteroatoms. The van der Waals surface area contributed by atoms with E-state index in [9.17, 15) is 4.79 Å². The fourth-order valence-corrected chi connectivity index (χ4v) is 3.21. The average molecular weight is 258 g/mol. The Balaban J connectivity index is 1.72. The second-order valence-electron chi connectivity index (χ2n) is 5.73. The minimum Gasteiger partial charge on any atom is -0.311 e. The lowest BCUT2D eigenvalue weighted by Crippen LogP contribution is -2.44. The highest BCUT2D eigenvalue weighted by Gasteiger charge is 2.36. The number of amides is 1. The van der Waals surface area contributed by atoms with Gasteiger partial charge in [0.25, 0.3) is 0 Å². The first kappa shape index (κ1) is 12.7. The van der Waals surface area contributed by atoms with Crippen LogP contribution in [0, 0.1) is 6.92 Å². The topological polar surface area (TPSA) is 23.6 Å². The van der Waals surface area contributed by atoms with Crippen molar-refractivity contribution in [1.82, 2.24) is 4.90 Å². The Labute approximate surface area is 115 Å². The van der Waals surface area contributed by atoms with E-state index in [1.54, 1.807) is 0 Å². The van der Waals surface area contributed by atoms with Gasteiger partial charge < -0.3 is 4.90 Å². The number of rotatable bonds is 2. The summed E-state index contributed by atoms with van der Waals surface area (Å²) in [6.45, 7) is 5.13. The fourth-order valence-electron chi connectivity index (χ4n) is 3.21. The van der Waals surface area contributed by atoms with Crippen molar-refractivity contribution in [3.63, 3.8) is 0 Å². The highest BCUT2D eigenvalue weighted by Crippen LogP contribution is 2.26. The van der Waals surface area contributed by atoms with Gasteiger partial charge in [0, 0.05) is 12.2 Å². The number of hydrogen-bond donors (Lipinski definition) is 0. The molecule has 0 radical (unpaired) electrons. The van der Waals surface area contributed by atoms with Crippen molar-refractivity contribution < 1.29 is 4.79 Å². The molecule has 0 saturated carbocycles. The van der Waals surface area contributed by atoms with E-state index in [2.05, 4.69) is 36.1 Å². The second kappa shape index (κ2) is 5.33. The number of benzene rings is 1. The summed E-state index contributed by atoms with van der Waals surface area (Å²) in [6.07, 6.45) is 4.79. The molecular formula is C16H22N2O. The lowest BCUT2D eigenvalue weighted by atomic mass is 10.1. The van der Waals surface area contributed by atoms with Crippen LogP contribution in [-0.4, -0.2) is 36.5 Å². The summed E-state index contributed by atoms with van der Waals surface area (Å²) < 4.78 is 0. The van der Waals surface area contributed by atoms with E-state index in [1.165, 1.54) is 24.8 Å². The summed E-state index contributed by atoms with van der Waals surface area (Å²) in [5.74, 6) is 0.297. The zero-order valence-corrected chi connectivity index (χ0v) is 11.6. The number of carbonyl (C=O) groups excluding carboxylic acids is 1. The van der Waals surface area contributed by atoms with Gasteiger partial charge in [0.1, 0.15) is 0 Å². The van der Waals surface area contributed by atoms with E-state index in [0.717, 1.165) is 31.7 Å². The molecule has 19 heavy (non-hydrogen) atoms. The van der Waals surface area contributed by atoms with E-state index in [0.29, 0.717) is 5.91 Å². The summed E-state index contributed by atoms with van der Waals surface area (Å²) in [6, 6.07) is 8.41. The quantitative estimate of drug-likeness (QED) is 0.814. The van der Waals surface area contributed by atoms with Gasteiger partial charge in [-0.2, -0.15) is 0 Å². The van der Waals surface area contributed by atoms with Gasteiger partial charge in [-0.25, -0.2) is 0 Å². The van der Waals surface area contributed by atoms with Gasteiger partial charge in [-0.05, 0) is 51.4 Å². The Morgan fingerprint density at radius 2 is 1.68 bits per heavy atom. The van der Waals surface area contributed by atoms with Crippen LogP contribution in [0.25, 0.3) is 0 Å². The fraction of sp³-hybridized carbons (Fsp3) is 0.562. The maximum absolute atomic E-state index is 12.6. The molecule has 0 spiro atoms. The highest BCUT2D eigenvalue weighted by atomic mass is 16.2. The maximum atomic E-state index is 12.6. The Bertz CT molecular complexity index is 448. The Morgan fingerprint density at radius 1 is 1.00 bits per heavy atom. The monoisotopic (exact) mass is 258 g/mol. The van der Waals surface area contributed by atoms with E-state index in [4.69, 9.17) is 0 Å². The zero-order chi connectivity index (χ0) is 13.2. The lowest BCUT2D eigenvalue weighted by Gasteiger charge is -2.31. The first-order valence-corrected chi connectivity index (χ1v) is 7.38. The van der Waals surface area contributed by atoms with Crippen LogP contribution in [0.15, 0.2) is 24.3 Å². The molecule has 2 aliphatic rings. The molecule has 1 atom stereocenters.